The largest absolute Gasteiger partial charge is 0.374 e. The molecule has 0 aliphatic heterocycles. The Morgan fingerprint density at radius 2 is 2.06 bits per heavy atom. The molecular formula is C11H13N3S2. The van der Waals surface area contributed by atoms with Crippen LogP contribution >= 0.6 is 23.1 Å². The zero-order valence-corrected chi connectivity index (χ0v) is 10.9. The third kappa shape index (κ3) is 2.74. The Balaban J connectivity index is 2.02. The van der Waals surface area contributed by atoms with Gasteiger partial charge in [0.1, 0.15) is 0 Å². The molecule has 1 aromatic carbocycles. The number of nitrogen functional groups attached to an aromatic ring is 1. The monoisotopic (exact) mass is 251 g/mol. The van der Waals surface area contributed by atoms with Crippen molar-refractivity contribution in [2.75, 3.05) is 5.73 Å². The number of anilines is 1. The smallest absolute Gasteiger partial charge is 0.203 e. The number of benzene rings is 1. The fourth-order valence-electron chi connectivity index (χ4n) is 1.32. The van der Waals surface area contributed by atoms with Crippen LogP contribution in [0.25, 0.3) is 0 Å². The lowest BCUT2D eigenvalue weighted by Gasteiger charge is -2.03. The van der Waals surface area contributed by atoms with Gasteiger partial charge in [0.15, 0.2) is 4.34 Å². The summed E-state index contributed by atoms with van der Waals surface area (Å²) in [6.07, 6.45) is 0. The van der Waals surface area contributed by atoms with Crippen LogP contribution in [0.2, 0.25) is 0 Å². The second-order valence-corrected chi connectivity index (χ2v) is 5.85. The maximum absolute atomic E-state index is 5.52. The third-order valence-electron chi connectivity index (χ3n) is 2.36. The summed E-state index contributed by atoms with van der Waals surface area (Å²) >= 11 is 3.11. The number of aryl methyl sites for hydroxylation is 2. The quantitative estimate of drug-likeness (QED) is 0.852. The molecule has 0 spiro atoms. The predicted octanol–water partition coefficient (Wildman–Crippen LogP) is 3.03. The predicted molar refractivity (Wildman–Crippen MR) is 69.8 cm³/mol. The van der Waals surface area contributed by atoms with Gasteiger partial charge in [0.05, 0.1) is 0 Å². The van der Waals surface area contributed by atoms with Crippen molar-refractivity contribution in [2.24, 2.45) is 0 Å². The van der Waals surface area contributed by atoms with Crippen molar-refractivity contribution < 1.29 is 0 Å². The minimum atomic E-state index is 0.530. The van der Waals surface area contributed by atoms with Crippen LogP contribution in [0, 0.1) is 13.8 Å². The summed E-state index contributed by atoms with van der Waals surface area (Å²) in [4.78, 5) is 0. The Labute approximate surface area is 103 Å². The molecule has 84 valence electrons. The van der Waals surface area contributed by atoms with E-state index in [2.05, 4.69) is 42.2 Å². The Kier molecular flexibility index (Phi) is 3.46. The molecule has 0 amide bonds. The van der Waals surface area contributed by atoms with E-state index in [0.29, 0.717) is 5.13 Å². The van der Waals surface area contributed by atoms with E-state index in [4.69, 9.17) is 5.73 Å². The number of hydrogen-bond donors (Lipinski definition) is 1. The molecule has 1 heterocycles. The highest BCUT2D eigenvalue weighted by molar-refractivity contribution is 8.00. The summed E-state index contributed by atoms with van der Waals surface area (Å²) in [5.74, 6) is 0.912. The van der Waals surface area contributed by atoms with Gasteiger partial charge in [-0.25, -0.2) is 0 Å². The summed E-state index contributed by atoms with van der Waals surface area (Å²) in [6.45, 7) is 4.25. The fraction of sp³-hybridized carbons (Fsp3) is 0.273. The van der Waals surface area contributed by atoms with Gasteiger partial charge in [-0.1, -0.05) is 41.3 Å². The van der Waals surface area contributed by atoms with E-state index in [1.807, 2.05) is 0 Å². The van der Waals surface area contributed by atoms with Crippen LogP contribution in [-0.4, -0.2) is 10.2 Å². The van der Waals surface area contributed by atoms with E-state index < -0.39 is 0 Å². The highest BCUT2D eigenvalue weighted by Gasteiger charge is 2.03. The van der Waals surface area contributed by atoms with Crippen LogP contribution in [0.5, 0.6) is 0 Å². The Hall–Kier alpha value is -1.07. The molecule has 0 aliphatic carbocycles. The second kappa shape index (κ2) is 4.84. The lowest BCUT2D eigenvalue weighted by molar-refractivity contribution is 1.02. The van der Waals surface area contributed by atoms with Gasteiger partial charge in [-0.15, -0.1) is 10.2 Å². The molecule has 0 saturated heterocycles. The molecule has 0 atom stereocenters. The summed E-state index contributed by atoms with van der Waals surface area (Å²) in [5.41, 5.74) is 9.49. The molecule has 0 unspecified atom stereocenters. The first-order chi connectivity index (χ1) is 7.65. The standard InChI is InChI=1S/C11H13N3S2/c1-7-3-4-9(5-8(7)2)6-15-11-14-13-10(12)16-11/h3-5H,6H2,1-2H3,(H2,12,13). The van der Waals surface area contributed by atoms with E-state index in [-0.39, 0.29) is 0 Å². The van der Waals surface area contributed by atoms with Crippen LogP contribution in [-0.2, 0) is 5.75 Å². The van der Waals surface area contributed by atoms with Crippen LogP contribution in [0.4, 0.5) is 5.13 Å². The molecule has 1 aromatic heterocycles. The van der Waals surface area contributed by atoms with Crippen molar-refractivity contribution in [3.63, 3.8) is 0 Å². The molecule has 0 bridgehead atoms. The molecule has 2 N–H and O–H groups in total. The first-order valence-electron chi connectivity index (χ1n) is 4.93. The van der Waals surface area contributed by atoms with Crippen LogP contribution in [0.1, 0.15) is 16.7 Å². The fourth-order valence-corrected chi connectivity index (χ4v) is 2.90. The summed E-state index contributed by atoms with van der Waals surface area (Å²) < 4.78 is 0.927. The molecule has 2 rings (SSSR count). The summed E-state index contributed by atoms with van der Waals surface area (Å²) in [7, 11) is 0. The minimum absolute atomic E-state index is 0.530. The summed E-state index contributed by atoms with van der Waals surface area (Å²) in [5, 5.41) is 8.29. The highest BCUT2D eigenvalue weighted by atomic mass is 32.2. The normalized spacial score (nSPS) is 10.6. The van der Waals surface area contributed by atoms with Gasteiger partial charge in [-0.2, -0.15) is 0 Å². The van der Waals surface area contributed by atoms with E-state index in [9.17, 15) is 0 Å². The van der Waals surface area contributed by atoms with E-state index >= 15 is 0 Å². The Morgan fingerprint density at radius 1 is 1.25 bits per heavy atom. The van der Waals surface area contributed by atoms with Crippen molar-refractivity contribution in [3.05, 3.63) is 34.9 Å². The first kappa shape index (κ1) is 11.4. The molecule has 3 nitrogen and oxygen atoms in total. The zero-order chi connectivity index (χ0) is 11.5. The second-order valence-electron chi connectivity index (χ2n) is 3.61. The molecule has 0 fully saturated rings. The lowest BCUT2D eigenvalue weighted by atomic mass is 10.1. The summed E-state index contributed by atoms with van der Waals surface area (Å²) in [6, 6.07) is 6.52. The molecular weight excluding hydrogens is 238 g/mol. The SMILES string of the molecule is Cc1ccc(CSc2nnc(N)s2)cc1C. The van der Waals surface area contributed by atoms with Gasteiger partial charge >= 0.3 is 0 Å². The third-order valence-corrected chi connectivity index (χ3v) is 4.31. The van der Waals surface area contributed by atoms with Gasteiger partial charge in [0.2, 0.25) is 5.13 Å². The van der Waals surface area contributed by atoms with Crippen molar-refractivity contribution in [1.82, 2.24) is 10.2 Å². The van der Waals surface area contributed by atoms with Gasteiger partial charge in [0, 0.05) is 5.75 Å². The number of nitrogens with zero attached hydrogens (tertiary/aromatic N) is 2. The van der Waals surface area contributed by atoms with Crippen LogP contribution in [0.3, 0.4) is 0 Å². The van der Waals surface area contributed by atoms with Crippen molar-refractivity contribution in [1.29, 1.82) is 0 Å². The highest BCUT2D eigenvalue weighted by Crippen LogP contribution is 2.27. The van der Waals surface area contributed by atoms with Gasteiger partial charge in [-0.05, 0) is 30.5 Å². The van der Waals surface area contributed by atoms with E-state index in [1.54, 1.807) is 11.8 Å². The van der Waals surface area contributed by atoms with Crippen molar-refractivity contribution in [3.8, 4) is 0 Å². The van der Waals surface area contributed by atoms with E-state index in [1.165, 1.54) is 28.0 Å². The number of hydrogen-bond acceptors (Lipinski definition) is 5. The Morgan fingerprint density at radius 3 is 2.69 bits per heavy atom. The van der Waals surface area contributed by atoms with Crippen molar-refractivity contribution in [2.45, 2.75) is 23.9 Å². The average molecular weight is 251 g/mol. The topological polar surface area (TPSA) is 51.8 Å². The molecule has 0 radical (unpaired) electrons. The van der Waals surface area contributed by atoms with Gasteiger partial charge in [-0.3, -0.25) is 0 Å². The van der Waals surface area contributed by atoms with E-state index in [0.717, 1.165) is 10.1 Å². The average Bonchev–Trinajstić information content (AvgIpc) is 2.66. The molecule has 16 heavy (non-hydrogen) atoms. The zero-order valence-electron chi connectivity index (χ0n) is 9.23. The van der Waals surface area contributed by atoms with Crippen LogP contribution < -0.4 is 5.73 Å². The lowest BCUT2D eigenvalue weighted by Crippen LogP contribution is -1.85. The maximum atomic E-state index is 5.52. The Bertz CT molecular complexity index is 494. The van der Waals surface area contributed by atoms with Gasteiger partial charge in [0.25, 0.3) is 0 Å². The molecule has 5 heteroatoms. The minimum Gasteiger partial charge on any atom is -0.374 e. The molecule has 0 aliphatic rings. The number of aromatic nitrogens is 2. The van der Waals surface area contributed by atoms with Gasteiger partial charge < -0.3 is 5.73 Å². The molecule has 2 aromatic rings. The number of nitrogens with two attached hydrogens (primary N) is 1. The number of thioether (sulfide) groups is 1. The first-order valence-corrected chi connectivity index (χ1v) is 6.73. The van der Waals surface area contributed by atoms with Crippen molar-refractivity contribution >= 4 is 28.2 Å². The number of rotatable bonds is 3. The maximum Gasteiger partial charge on any atom is 0.203 e. The van der Waals surface area contributed by atoms with Crippen LogP contribution in [0.15, 0.2) is 22.5 Å². The molecule has 0 saturated carbocycles.